The third-order valence-corrected chi connectivity index (χ3v) is 6.38. The summed E-state index contributed by atoms with van der Waals surface area (Å²) in [4.78, 5) is 5.51. The first kappa shape index (κ1) is 22.7. The Bertz CT molecular complexity index is 736. The molecule has 0 aliphatic carbocycles. The van der Waals surface area contributed by atoms with Gasteiger partial charge in [0.15, 0.2) is 0 Å². The van der Waals surface area contributed by atoms with Gasteiger partial charge in [-0.1, -0.05) is 49.8 Å². The lowest BCUT2D eigenvalue weighted by Crippen LogP contribution is -2.07. The number of aromatic nitrogens is 1. The summed E-state index contributed by atoms with van der Waals surface area (Å²) in [7, 11) is -2.26. The molecule has 0 spiro atoms. The molecule has 2 aromatic rings. The summed E-state index contributed by atoms with van der Waals surface area (Å²) in [5, 5.41) is 2.98. The van der Waals surface area contributed by atoms with Crippen LogP contribution in [0.2, 0.25) is 0 Å². The molecule has 1 aromatic heterocycles. The van der Waals surface area contributed by atoms with Crippen LogP contribution in [0.4, 0.5) is 0 Å². The first-order valence-corrected chi connectivity index (χ1v) is 12.3. The summed E-state index contributed by atoms with van der Waals surface area (Å²) in [5.74, 6) is 1.69. The fourth-order valence-corrected chi connectivity index (χ4v) is 4.35. The third kappa shape index (κ3) is 9.09. The van der Waals surface area contributed by atoms with E-state index in [-0.39, 0.29) is 0 Å². The van der Waals surface area contributed by atoms with Crippen LogP contribution < -0.4 is 9.61 Å². The van der Waals surface area contributed by atoms with Crippen molar-refractivity contribution >= 4 is 24.8 Å². The topological polar surface area (TPSA) is 51.2 Å². The van der Waals surface area contributed by atoms with Gasteiger partial charge in [0.2, 0.25) is 0 Å². The summed E-state index contributed by atoms with van der Waals surface area (Å²) in [5.41, 5.74) is 2.22. The van der Waals surface area contributed by atoms with Crippen molar-refractivity contribution in [3.8, 4) is 5.75 Å². The van der Waals surface area contributed by atoms with Crippen LogP contribution in [0.5, 0.6) is 5.75 Å². The van der Waals surface area contributed by atoms with E-state index in [1.807, 2.05) is 24.8 Å². The van der Waals surface area contributed by atoms with Gasteiger partial charge in [0.05, 0.1) is 6.20 Å². The zero-order chi connectivity index (χ0) is 20.0. The zero-order valence-corrected chi connectivity index (χ0v) is 18.6. The molecule has 4 nitrogen and oxygen atoms in total. The van der Waals surface area contributed by atoms with Crippen LogP contribution in [0, 0.1) is 6.92 Å². The van der Waals surface area contributed by atoms with E-state index < -0.39 is 8.18 Å². The summed E-state index contributed by atoms with van der Waals surface area (Å²) in [6, 6.07) is 14.2. The molecule has 1 heterocycles. The second-order valence-electron chi connectivity index (χ2n) is 6.58. The Kier molecular flexibility index (Phi) is 11.0. The van der Waals surface area contributed by atoms with Gasteiger partial charge in [0.25, 0.3) is 0 Å². The van der Waals surface area contributed by atoms with Crippen LogP contribution in [-0.4, -0.2) is 17.3 Å². The molecule has 0 fully saturated rings. The van der Waals surface area contributed by atoms with Gasteiger partial charge in [-0.2, -0.15) is 0 Å². The molecule has 0 bridgehead atoms. The Morgan fingerprint density at radius 2 is 2.00 bits per heavy atom. The predicted octanol–water partition coefficient (Wildman–Crippen LogP) is 6.49. The molecule has 0 saturated carbocycles. The second-order valence-corrected chi connectivity index (χ2v) is 8.85. The Labute approximate surface area is 174 Å². The van der Waals surface area contributed by atoms with Crippen molar-refractivity contribution in [2.45, 2.75) is 46.0 Å². The lowest BCUT2D eigenvalue weighted by molar-refractivity contribution is 0.488. The summed E-state index contributed by atoms with van der Waals surface area (Å²) >= 11 is 1.94. The molecule has 0 aliphatic rings. The molecular formula is C22H31N2O2PS. The summed E-state index contributed by atoms with van der Waals surface area (Å²) < 4.78 is 17.3. The van der Waals surface area contributed by atoms with Gasteiger partial charge in [0, 0.05) is 17.1 Å². The fraction of sp³-hybridized carbons (Fsp3) is 0.409. The van der Waals surface area contributed by atoms with Gasteiger partial charge in [0.1, 0.15) is 5.75 Å². The standard InChI is InChI=1S/C22H31N2O2PS/c1-3-17-28-22(20-11-7-6-8-12-20)13-9-4-5-10-16-24-27(25)26-21-15-14-19(2)23-18-21/h6-8,11-15,18,27H,3-5,9-10,16-17H2,1-2H3,(H,24,25). The number of pyridine rings is 1. The smallest absolute Gasteiger partial charge is 0.305 e. The van der Waals surface area contributed by atoms with E-state index in [2.05, 4.69) is 53.4 Å². The van der Waals surface area contributed by atoms with Crippen molar-refractivity contribution in [2.75, 3.05) is 12.3 Å². The van der Waals surface area contributed by atoms with Crippen molar-refractivity contribution in [2.24, 2.45) is 0 Å². The quantitative estimate of drug-likeness (QED) is 0.297. The van der Waals surface area contributed by atoms with Crippen LogP contribution >= 0.6 is 19.9 Å². The van der Waals surface area contributed by atoms with E-state index in [1.54, 1.807) is 12.3 Å². The highest BCUT2D eigenvalue weighted by atomic mass is 32.2. The van der Waals surface area contributed by atoms with Gasteiger partial charge in [-0.25, -0.2) is 5.09 Å². The number of nitrogens with zero attached hydrogens (tertiary/aromatic N) is 1. The van der Waals surface area contributed by atoms with Crippen molar-refractivity contribution in [3.05, 3.63) is 66.0 Å². The lowest BCUT2D eigenvalue weighted by Gasteiger charge is -2.08. The number of rotatable bonds is 13. The minimum atomic E-state index is -2.26. The molecule has 1 aromatic carbocycles. The largest absolute Gasteiger partial charge is 0.433 e. The molecule has 1 atom stereocenters. The average molecular weight is 419 g/mol. The first-order valence-electron chi connectivity index (χ1n) is 9.95. The number of hydrogen-bond acceptors (Lipinski definition) is 4. The number of allylic oxidation sites excluding steroid dienone is 1. The highest BCUT2D eigenvalue weighted by Gasteiger charge is 2.03. The highest BCUT2D eigenvalue weighted by molar-refractivity contribution is 8.08. The Balaban J connectivity index is 1.63. The van der Waals surface area contributed by atoms with Crippen molar-refractivity contribution in [3.63, 3.8) is 0 Å². The van der Waals surface area contributed by atoms with Crippen LogP contribution in [0.3, 0.4) is 0 Å². The van der Waals surface area contributed by atoms with Gasteiger partial charge >= 0.3 is 8.18 Å². The maximum absolute atomic E-state index is 11.9. The Morgan fingerprint density at radius 1 is 1.18 bits per heavy atom. The molecule has 0 amide bonds. The molecular weight excluding hydrogens is 387 g/mol. The molecule has 1 unspecified atom stereocenters. The molecule has 0 radical (unpaired) electrons. The minimum Gasteiger partial charge on any atom is -0.433 e. The molecule has 2 rings (SSSR count). The van der Waals surface area contributed by atoms with Gasteiger partial charge < -0.3 is 4.52 Å². The number of benzene rings is 1. The highest BCUT2D eigenvalue weighted by Crippen LogP contribution is 2.29. The van der Waals surface area contributed by atoms with E-state index >= 15 is 0 Å². The summed E-state index contributed by atoms with van der Waals surface area (Å²) in [6.45, 7) is 4.83. The van der Waals surface area contributed by atoms with Gasteiger partial charge in [-0.15, -0.1) is 11.8 Å². The zero-order valence-electron chi connectivity index (χ0n) is 16.8. The van der Waals surface area contributed by atoms with E-state index in [9.17, 15) is 4.57 Å². The first-order chi connectivity index (χ1) is 13.7. The number of thioether (sulfide) groups is 1. The number of hydrogen-bond donors (Lipinski definition) is 1. The maximum Gasteiger partial charge on any atom is 0.305 e. The van der Waals surface area contributed by atoms with E-state index in [0.717, 1.165) is 37.1 Å². The number of aryl methyl sites for hydroxylation is 1. The summed E-state index contributed by atoms with van der Waals surface area (Å²) in [6.07, 6.45) is 9.44. The molecule has 0 saturated heterocycles. The number of unbranched alkanes of at least 4 members (excludes halogenated alkanes) is 3. The van der Waals surface area contributed by atoms with E-state index in [1.165, 1.54) is 16.9 Å². The maximum atomic E-state index is 11.9. The normalized spacial score (nSPS) is 12.7. The predicted molar refractivity (Wildman–Crippen MR) is 122 cm³/mol. The minimum absolute atomic E-state index is 0.546. The molecule has 28 heavy (non-hydrogen) atoms. The molecule has 152 valence electrons. The molecule has 0 aliphatic heterocycles. The third-order valence-electron chi connectivity index (χ3n) is 4.09. The Hall–Kier alpha value is -1.55. The van der Waals surface area contributed by atoms with Crippen LogP contribution in [0.1, 0.15) is 50.3 Å². The average Bonchev–Trinajstić information content (AvgIpc) is 2.72. The monoisotopic (exact) mass is 418 g/mol. The van der Waals surface area contributed by atoms with Gasteiger partial charge in [-0.3, -0.25) is 9.55 Å². The van der Waals surface area contributed by atoms with Crippen LogP contribution in [0.15, 0.2) is 54.7 Å². The van der Waals surface area contributed by atoms with Crippen LogP contribution in [-0.2, 0) is 4.57 Å². The van der Waals surface area contributed by atoms with Crippen molar-refractivity contribution in [1.82, 2.24) is 10.1 Å². The Morgan fingerprint density at radius 3 is 2.71 bits per heavy atom. The SMILES string of the molecule is CCCSC(=CCCCCCN[PH](=O)Oc1ccc(C)nc1)c1ccccc1. The van der Waals surface area contributed by atoms with Crippen molar-refractivity contribution in [1.29, 1.82) is 0 Å². The fourth-order valence-electron chi connectivity index (χ4n) is 2.60. The lowest BCUT2D eigenvalue weighted by atomic mass is 10.1. The van der Waals surface area contributed by atoms with E-state index in [0.29, 0.717) is 12.3 Å². The van der Waals surface area contributed by atoms with Gasteiger partial charge in [-0.05, 0) is 56.1 Å². The van der Waals surface area contributed by atoms with E-state index in [4.69, 9.17) is 4.52 Å². The molecule has 1 N–H and O–H groups in total. The number of nitrogens with one attached hydrogen (secondary N) is 1. The molecule has 6 heteroatoms. The second kappa shape index (κ2) is 13.6. The van der Waals surface area contributed by atoms with Crippen molar-refractivity contribution < 1.29 is 9.09 Å². The van der Waals surface area contributed by atoms with Crippen LogP contribution in [0.25, 0.3) is 4.91 Å².